The Morgan fingerprint density at radius 3 is 3.00 bits per heavy atom. The van der Waals surface area contributed by atoms with Gasteiger partial charge in [-0.05, 0) is 12.8 Å². The van der Waals surface area contributed by atoms with Gasteiger partial charge in [0.1, 0.15) is 5.82 Å². The van der Waals surface area contributed by atoms with Gasteiger partial charge >= 0.3 is 5.97 Å². The first kappa shape index (κ1) is 11.4. The van der Waals surface area contributed by atoms with Gasteiger partial charge in [0.05, 0.1) is 12.1 Å². The summed E-state index contributed by atoms with van der Waals surface area (Å²) in [6, 6.07) is 0. The molecule has 0 amide bonds. The zero-order valence-electron chi connectivity index (χ0n) is 8.68. The van der Waals surface area contributed by atoms with Crippen LogP contribution in [0.2, 0.25) is 0 Å². The fourth-order valence-corrected chi connectivity index (χ4v) is 1.14. The Bertz CT molecular complexity index is 303. The second-order valence-electron chi connectivity index (χ2n) is 3.40. The van der Waals surface area contributed by atoms with Gasteiger partial charge in [-0.3, -0.25) is 9.78 Å². The molecule has 0 fully saturated rings. The van der Waals surface area contributed by atoms with Crippen molar-refractivity contribution < 1.29 is 9.90 Å². The maximum Gasteiger partial charge on any atom is 0.306 e. The van der Waals surface area contributed by atoms with Crippen molar-refractivity contribution in [1.29, 1.82) is 0 Å². The van der Waals surface area contributed by atoms with Crippen LogP contribution in [0.25, 0.3) is 0 Å². The van der Waals surface area contributed by atoms with Crippen molar-refractivity contribution >= 4 is 11.8 Å². The van der Waals surface area contributed by atoms with E-state index in [4.69, 9.17) is 5.11 Å². The van der Waals surface area contributed by atoms with Gasteiger partial charge in [-0.15, -0.1) is 0 Å². The van der Waals surface area contributed by atoms with Gasteiger partial charge in [-0.2, -0.15) is 0 Å². The third-order valence-corrected chi connectivity index (χ3v) is 2.10. The normalized spacial score (nSPS) is 12.1. The molecule has 1 atom stereocenters. The smallest absolute Gasteiger partial charge is 0.306 e. The summed E-state index contributed by atoms with van der Waals surface area (Å²) >= 11 is 0. The Hall–Kier alpha value is -1.65. The average Bonchev–Trinajstić information content (AvgIpc) is 2.25. The van der Waals surface area contributed by atoms with Crippen LogP contribution in [0.3, 0.4) is 0 Å². The molecule has 1 aromatic heterocycles. The molecule has 1 aromatic rings. The third kappa shape index (κ3) is 4.39. The number of carbonyl (C=O) groups is 1. The molecule has 0 bridgehead atoms. The summed E-state index contributed by atoms with van der Waals surface area (Å²) < 4.78 is 0. The van der Waals surface area contributed by atoms with Gasteiger partial charge in [-0.25, -0.2) is 4.98 Å². The van der Waals surface area contributed by atoms with Gasteiger partial charge in [-0.1, -0.05) is 6.92 Å². The number of aliphatic carboxylic acids is 1. The lowest BCUT2D eigenvalue weighted by Crippen LogP contribution is -2.11. The van der Waals surface area contributed by atoms with Crippen LogP contribution in [0.1, 0.15) is 19.8 Å². The lowest BCUT2D eigenvalue weighted by molar-refractivity contribution is -0.141. The third-order valence-electron chi connectivity index (χ3n) is 2.10. The monoisotopic (exact) mass is 209 g/mol. The molecule has 0 radical (unpaired) electrons. The SMILES string of the molecule is CC(CCCNc1cnccn1)C(=O)O. The van der Waals surface area contributed by atoms with Crippen molar-refractivity contribution in [2.45, 2.75) is 19.8 Å². The van der Waals surface area contributed by atoms with Crippen molar-refractivity contribution in [2.24, 2.45) is 5.92 Å². The summed E-state index contributed by atoms with van der Waals surface area (Å²) in [6.45, 7) is 2.43. The molecule has 82 valence electrons. The minimum absolute atomic E-state index is 0.284. The predicted molar refractivity (Wildman–Crippen MR) is 56.6 cm³/mol. The molecular weight excluding hydrogens is 194 g/mol. The highest BCUT2D eigenvalue weighted by atomic mass is 16.4. The molecule has 5 nitrogen and oxygen atoms in total. The van der Waals surface area contributed by atoms with E-state index in [1.165, 1.54) is 0 Å². The van der Waals surface area contributed by atoms with Crippen LogP contribution in [0.5, 0.6) is 0 Å². The molecule has 0 saturated carbocycles. The highest BCUT2D eigenvalue weighted by Gasteiger charge is 2.09. The van der Waals surface area contributed by atoms with Crippen LogP contribution in [0.4, 0.5) is 5.82 Å². The zero-order chi connectivity index (χ0) is 11.1. The van der Waals surface area contributed by atoms with Crippen molar-refractivity contribution in [3.63, 3.8) is 0 Å². The van der Waals surface area contributed by atoms with Crippen LogP contribution in [-0.4, -0.2) is 27.6 Å². The molecule has 0 saturated heterocycles. The number of anilines is 1. The maximum absolute atomic E-state index is 10.5. The first-order chi connectivity index (χ1) is 7.20. The van der Waals surface area contributed by atoms with E-state index in [0.717, 1.165) is 18.8 Å². The molecule has 0 spiro atoms. The molecule has 5 heteroatoms. The number of carboxylic acid groups (broad SMARTS) is 1. The highest BCUT2D eigenvalue weighted by molar-refractivity contribution is 5.69. The fourth-order valence-electron chi connectivity index (χ4n) is 1.14. The Labute approximate surface area is 88.6 Å². The lowest BCUT2D eigenvalue weighted by Gasteiger charge is -2.06. The maximum atomic E-state index is 10.5. The molecule has 1 unspecified atom stereocenters. The van der Waals surface area contributed by atoms with Crippen LogP contribution in [0, 0.1) is 5.92 Å². The van der Waals surface area contributed by atoms with Gasteiger partial charge in [0.2, 0.25) is 0 Å². The van der Waals surface area contributed by atoms with Crippen molar-refractivity contribution in [3.05, 3.63) is 18.6 Å². The largest absolute Gasteiger partial charge is 0.481 e. The van der Waals surface area contributed by atoms with Gasteiger partial charge in [0.15, 0.2) is 0 Å². The molecule has 0 aliphatic rings. The van der Waals surface area contributed by atoms with Crippen molar-refractivity contribution in [2.75, 3.05) is 11.9 Å². The van der Waals surface area contributed by atoms with Crippen LogP contribution in [-0.2, 0) is 4.79 Å². The van der Waals surface area contributed by atoms with E-state index in [0.29, 0.717) is 6.42 Å². The molecule has 1 heterocycles. The summed E-state index contributed by atoms with van der Waals surface area (Å²) in [5.74, 6) is -0.302. The van der Waals surface area contributed by atoms with E-state index in [9.17, 15) is 4.79 Å². The summed E-state index contributed by atoms with van der Waals surface area (Å²) in [6.07, 6.45) is 6.34. The number of hydrogen-bond donors (Lipinski definition) is 2. The second kappa shape index (κ2) is 5.95. The number of aromatic nitrogens is 2. The number of nitrogens with one attached hydrogen (secondary N) is 1. The summed E-state index contributed by atoms with van der Waals surface area (Å²) in [5.41, 5.74) is 0. The average molecular weight is 209 g/mol. The van der Waals surface area contributed by atoms with Crippen molar-refractivity contribution in [3.8, 4) is 0 Å². The molecule has 15 heavy (non-hydrogen) atoms. The Kier molecular flexibility index (Phi) is 4.53. The summed E-state index contributed by atoms with van der Waals surface area (Å²) in [7, 11) is 0. The molecule has 0 aliphatic heterocycles. The summed E-state index contributed by atoms with van der Waals surface area (Å²) in [5, 5.41) is 11.7. The number of carboxylic acids is 1. The van der Waals surface area contributed by atoms with E-state index in [-0.39, 0.29) is 5.92 Å². The molecule has 0 aliphatic carbocycles. The minimum atomic E-state index is -0.741. The standard InChI is InChI=1S/C10H15N3O2/c1-8(10(14)15)3-2-4-12-9-7-11-5-6-13-9/h5-8H,2-4H2,1H3,(H,12,13)(H,14,15). The Balaban J connectivity index is 2.15. The summed E-state index contributed by atoms with van der Waals surface area (Å²) in [4.78, 5) is 18.5. The number of hydrogen-bond acceptors (Lipinski definition) is 4. The Morgan fingerprint density at radius 1 is 1.60 bits per heavy atom. The second-order valence-corrected chi connectivity index (χ2v) is 3.40. The highest BCUT2D eigenvalue weighted by Crippen LogP contribution is 2.06. The van der Waals surface area contributed by atoms with E-state index in [1.54, 1.807) is 25.5 Å². The molecule has 0 aromatic carbocycles. The van der Waals surface area contributed by atoms with Crippen LogP contribution >= 0.6 is 0 Å². The molecule has 1 rings (SSSR count). The molecule has 2 N–H and O–H groups in total. The molecular formula is C10H15N3O2. The van der Waals surface area contributed by atoms with E-state index < -0.39 is 5.97 Å². The van der Waals surface area contributed by atoms with Gasteiger partial charge in [0.25, 0.3) is 0 Å². The lowest BCUT2D eigenvalue weighted by atomic mass is 10.1. The topological polar surface area (TPSA) is 75.1 Å². The first-order valence-corrected chi connectivity index (χ1v) is 4.93. The van der Waals surface area contributed by atoms with Crippen LogP contribution in [0.15, 0.2) is 18.6 Å². The fraction of sp³-hybridized carbons (Fsp3) is 0.500. The zero-order valence-corrected chi connectivity index (χ0v) is 8.68. The minimum Gasteiger partial charge on any atom is -0.481 e. The first-order valence-electron chi connectivity index (χ1n) is 4.93. The van der Waals surface area contributed by atoms with E-state index in [2.05, 4.69) is 15.3 Å². The van der Waals surface area contributed by atoms with Gasteiger partial charge in [0, 0.05) is 18.9 Å². The number of nitrogens with zero attached hydrogens (tertiary/aromatic N) is 2. The van der Waals surface area contributed by atoms with Gasteiger partial charge < -0.3 is 10.4 Å². The quantitative estimate of drug-likeness (QED) is 0.692. The van der Waals surface area contributed by atoms with E-state index in [1.807, 2.05) is 0 Å². The van der Waals surface area contributed by atoms with Crippen molar-refractivity contribution in [1.82, 2.24) is 9.97 Å². The predicted octanol–water partition coefficient (Wildman–Crippen LogP) is 1.39. The number of rotatable bonds is 6. The van der Waals surface area contributed by atoms with Crippen LogP contribution < -0.4 is 5.32 Å². The Morgan fingerprint density at radius 2 is 2.40 bits per heavy atom. The van der Waals surface area contributed by atoms with E-state index >= 15 is 0 Å².